The SMILES string of the molecule is Cc1ccc(C)c(SCc2csc(-c3ccc(C(F)(F)F)cc3)n2)c1. The number of thioether (sulfide) groups is 1. The Kier molecular flexibility index (Phi) is 5.20. The van der Waals surface area contributed by atoms with E-state index in [0.717, 1.165) is 28.6 Å². The summed E-state index contributed by atoms with van der Waals surface area (Å²) in [6, 6.07) is 11.5. The molecule has 0 aliphatic carbocycles. The lowest BCUT2D eigenvalue weighted by Gasteiger charge is -2.06. The fourth-order valence-corrected chi connectivity index (χ4v) is 4.27. The molecule has 0 saturated carbocycles. The summed E-state index contributed by atoms with van der Waals surface area (Å²) >= 11 is 3.18. The zero-order valence-corrected chi connectivity index (χ0v) is 15.4. The first kappa shape index (κ1) is 18.0. The fourth-order valence-electron chi connectivity index (χ4n) is 2.32. The number of rotatable bonds is 4. The molecule has 0 amide bonds. The molecule has 6 heteroatoms. The Balaban J connectivity index is 1.71. The fraction of sp³-hybridized carbons (Fsp3) is 0.211. The Morgan fingerprint density at radius 1 is 1.04 bits per heavy atom. The largest absolute Gasteiger partial charge is 0.416 e. The number of aryl methyl sites for hydroxylation is 2. The Hall–Kier alpha value is -1.79. The van der Waals surface area contributed by atoms with Crippen LogP contribution < -0.4 is 0 Å². The van der Waals surface area contributed by atoms with Gasteiger partial charge in [-0.05, 0) is 37.6 Å². The predicted molar refractivity (Wildman–Crippen MR) is 98.0 cm³/mol. The first-order valence-corrected chi connectivity index (χ1v) is 9.51. The van der Waals surface area contributed by atoms with Crippen LogP contribution in [0.25, 0.3) is 10.6 Å². The van der Waals surface area contributed by atoms with Gasteiger partial charge >= 0.3 is 6.18 Å². The van der Waals surface area contributed by atoms with Crippen LogP contribution in [0.15, 0.2) is 52.7 Å². The lowest BCUT2D eigenvalue weighted by atomic mass is 10.1. The average molecular weight is 379 g/mol. The number of hydrogen-bond donors (Lipinski definition) is 0. The minimum absolute atomic E-state index is 0.640. The number of nitrogens with zero attached hydrogens (tertiary/aromatic N) is 1. The molecule has 0 atom stereocenters. The van der Waals surface area contributed by atoms with Gasteiger partial charge in [-0.15, -0.1) is 23.1 Å². The van der Waals surface area contributed by atoms with Gasteiger partial charge in [-0.2, -0.15) is 13.2 Å². The van der Waals surface area contributed by atoms with E-state index in [-0.39, 0.29) is 0 Å². The molecule has 0 saturated heterocycles. The average Bonchev–Trinajstić information content (AvgIpc) is 3.04. The summed E-state index contributed by atoms with van der Waals surface area (Å²) in [6.45, 7) is 4.14. The van der Waals surface area contributed by atoms with E-state index in [1.165, 1.54) is 39.5 Å². The van der Waals surface area contributed by atoms with Crippen molar-refractivity contribution in [1.29, 1.82) is 0 Å². The van der Waals surface area contributed by atoms with Gasteiger partial charge in [-0.25, -0.2) is 4.98 Å². The highest BCUT2D eigenvalue weighted by molar-refractivity contribution is 7.98. The van der Waals surface area contributed by atoms with Gasteiger partial charge in [0.05, 0.1) is 11.3 Å². The smallest absolute Gasteiger partial charge is 0.240 e. The van der Waals surface area contributed by atoms with Crippen molar-refractivity contribution >= 4 is 23.1 Å². The lowest BCUT2D eigenvalue weighted by molar-refractivity contribution is -0.137. The second kappa shape index (κ2) is 7.22. The van der Waals surface area contributed by atoms with Crippen LogP contribution in [-0.4, -0.2) is 4.98 Å². The first-order chi connectivity index (χ1) is 11.8. The molecule has 1 aromatic heterocycles. The molecule has 0 spiro atoms. The Morgan fingerprint density at radius 2 is 1.76 bits per heavy atom. The van der Waals surface area contributed by atoms with Crippen molar-refractivity contribution in [2.24, 2.45) is 0 Å². The molecule has 3 rings (SSSR count). The molecule has 0 aliphatic rings. The molecule has 1 heterocycles. The number of benzene rings is 2. The Labute approximate surface area is 152 Å². The van der Waals surface area contributed by atoms with Crippen LogP contribution in [0.1, 0.15) is 22.4 Å². The van der Waals surface area contributed by atoms with Gasteiger partial charge < -0.3 is 0 Å². The topological polar surface area (TPSA) is 12.9 Å². The summed E-state index contributed by atoms with van der Waals surface area (Å²) in [4.78, 5) is 5.78. The van der Waals surface area contributed by atoms with E-state index in [9.17, 15) is 13.2 Å². The molecule has 0 bridgehead atoms. The number of aromatic nitrogens is 1. The van der Waals surface area contributed by atoms with Gasteiger partial charge in [-0.1, -0.05) is 29.8 Å². The zero-order valence-electron chi connectivity index (χ0n) is 13.7. The van der Waals surface area contributed by atoms with Crippen molar-refractivity contribution in [3.05, 3.63) is 70.2 Å². The van der Waals surface area contributed by atoms with Gasteiger partial charge in [-0.3, -0.25) is 0 Å². The molecule has 1 nitrogen and oxygen atoms in total. The second-order valence-corrected chi connectivity index (χ2v) is 7.65. The molecular weight excluding hydrogens is 363 g/mol. The van der Waals surface area contributed by atoms with E-state index in [1.54, 1.807) is 11.8 Å². The van der Waals surface area contributed by atoms with E-state index in [1.807, 2.05) is 5.38 Å². The minimum Gasteiger partial charge on any atom is -0.240 e. The van der Waals surface area contributed by atoms with Crippen LogP contribution in [-0.2, 0) is 11.9 Å². The number of halogens is 3. The van der Waals surface area contributed by atoms with Crippen LogP contribution >= 0.6 is 23.1 Å². The molecule has 0 aliphatic heterocycles. The third-order valence-electron chi connectivity index (χ3n) is 3.73. The normalized spacial score (nSPS) is 11.7. The monoisotopic (exact) mass is 379 g/mol. The number of alkyl halides is 3. The summed E-state index contributed by atoms with van der Waals surface area (Å²) in [5, 5.41) is 2.70. The summed E-state index contributed by atoms with van der Waals surface area (Å²) < 4.78 is 37.9. The van der Waals surface area contributed by atoms with Gasteiger partial charge in [0.2, 0.25) is 0 Å². The van der Waals surface area contributed by atoms with Crippen molar-refractivity contribution in [1.82, 2.24) is 4.98 Å². The maximum absolute atomic E-state index is 12.6. The first-order valence-electron chi connectivity index (χ1n) is 7.65. The van der Waals surface area contributed by atoms with Crippen molar-refractivity contribution in [3.63, 3.8) is 0 Å². The van der Waals surface area contributed by atoms with Crippen molar-refractivity contribution in [2.75, 3.05) is 0 Å². The molecule has 130 valence electrons. The van der Waals surface area contributed by atoms with E-state index >= 15 is 0 Å². The third kappa shape index (κ3) is 4.44. The van der Waals surface area contributed by atoms with E-state index in [2.05, 4.69) is 37.0 Å². The van der Waals surface area contributed by atoms with Gasteiger partial charge in [0.1, 0.15) is 5.01 Å². The van der Waals surface area contributed by atoms with Crippen LogP contribution in [0.2, 0.25) is 0 Å². The molecule has 25 heavy (non-hydrogen) atoms. The molecule has 3 aromatic rings. The lowest BCUT2D eigenvalue weighted by Crippen LogP contribution is -2.03. The number of thiazole rings is 1. The van der Waals surface area contributed by atoms with Crippen LogP contribution in [0.3, 0.4) is 0 Å². The van der Waals surface area contributed by atoms with Crippen molar-refractivity contribution in [2.45, 2.75) is 30.7 Å². The highest BCUT2D eigenvalue weighted by Gasteiger charge is 2.30. The van der Waals surface area contributed by atoms with E-state index in [4.69, 9.17) is 0 Å². The summed E-state index contributed by atoms with van der Waals surface area (Å²) in [5.41, 5.74) is 3.45. The second-order valence-electron chi connectivity index (χ2n) is 5.78. The standard InChI is InChI=1S/C19H16F3NS2/c1-12-3-4-13(2)17(9-12)24-10-16-11-25-18(23-16)14-5-7-15(8-6-14)19(20,21)22/h3-9,11H,10H2,1-2H3. The summed E-state index contributed by atoms with van der Waals surface area (Å²) in [6.07, 6.45) is -4.31. The van der Waals surface area contributed by atoms with E-state index in [0.29, 0.717) is 5.56 Å². The van der Waals surface area contributed by atoms with Gasteiger partial charge in [0.25, 0.3) is 0 Å². The molecule has 0 N–H and O–H groups in total. The Morgan fingerprint density at radius 3 is 2.44 bits per heavy atom. The van der Waals surface area contributed by atoms with Gasteiger partial charge in [0.15, 0.2) is 0 Å². The minimum atomic E-state index is -4.31. The molecule has 2 aromatic carbocycles. The maximum atomic E-state index is 12.6. The zero-order chi connectivity index (χ0) is 18.0. The van der Waals surface area contributed by atoms with Crippen molar-refractivity contribution in [3.8, 4) is 10.6 Å². The number of hydrogen-bond acceptors (Lipinski definition) is 3. The van der Waals surface area contributed by atoms with Crippen LogP contribution in [0.4, 0.5) is 13.2 Å². The molecular formula is C19H16F3NS2. The highest BCUT2D eigenvalue weighted by Crippen LogP contribution is 2.33. The van der Waals surface area contributed by atoms with Crippen LogP contribution in [0, 0.1) is 13.8 Å². The van der Waals surface area contributed by atoms with Crippen molar-refractivity contribution < 1.29 is 13.2 Å². The molecule has 0 radical (unpaired) electrons. The van der Waals surface area contributed by atoms with E-state index < -0.39 is 11.7 Å². The Bertz CT molecular complexity index is 867. The summed E-state index contributed by atoms with van der Waals surface area (Å²) in [5.74, 6) is 0.738. The molecule has 0 fully saturated rings. The maximum Gasteiger partial charge on any atom is 0.416 e. The quantitative estimate of drug-likeness (QED) is 0.466. The molecule has 0 unspecified atom stereocenters. The van der Waals surface area contributed by atoms with Crippen LogP contribution in [0.5, 0.6) is 0 Å². The third-order valence-corrected chi connectivity index (χ3v) is 5.86. The highest BCUT2D eigenvalue weighted by atomic mass is 32.2. The predicted octanol–water partition coefficient (Wildman–Crippen LogP) is 6.74. The summed E-state index contributed by atoms with van der Waals surface area (Å²) in [7, 11) is 0. The van der Waals surface area contributed by atoms with Gasteiger partial charge in [0, 0.05) is 21.6 Å².